The third kappa shape index (κ3) is 4.70. The second kappa shape index (κ2) is 7.98. The Morgan fingerprint density at radius 1 is 1.25 bits per heavy atom. The van der Waals surface area contributed by atoms with Gasteiger partial charge in [0.2, 0.25) is 11.0 Å². The van der Waals surface area contributed by atoms with E-state index in [0.717, 1.165) is 28.0 Å². The van der Waals surface area contributed by atoms with Crippen LogP contribution in [0.1, 0.15) is 38.2 Å². The zero-order chi connectivity index (χ0) is 16.9. The van der Waals surface area contributed by atoms with Crippen molar-refractivity contribution in [1.29, 1.82) is 0 Å². The Labute approximate surface area is 150 Å². The number of anilines is 2. The molecule has 1 aliphatic rings. The number of aryl methyl sites for hydroxylation is 1. The fraction of sp³-hybridized carbons (Fsp3) is 0.471. The Morgan fingerprint density at radius 3 is 2.67 bits per heavy atom. The van der Waals surface area contributed by atoms with E-state index in [1.165, 1.54) is 41.5 Å². The highest BCUT2D eigenvalue weighted by Crippen LogP contribution is 2.30. The zero-order valence-electron chi connectivity index (χ0n) is 13.9. The van der Waals surface area contributed by atoms with E-state index >= 15 is 0 Å². The molecule has 24 heavy (non-hydrogen) atoms. The second-order valence-electron chi connectivity index (χ2n) is 6.11. The molecule has 2 N–H and O–H groups in total. The van der Waals surface area contributed by atoms with E-state index in [9.17, 15) is 4.79 Å². The molecular formula is C17H22N4OS2. The highest BCUT2D eigenvalue weighted by Gasteiger charge is 2.22. The molecule has 0 aliphatic heterocycles. The molecule has 1 aromatic heterocycles. The minimum absolute atomic E-state index is 0.0927. The molecular weight excluding hydrogens is 340 g/mol. The highest BCUT2D eigenvalue weighted by molar-refractivity contribution is 8.02. The van der Waals surface area contributed by atoms with Crippen molar-refractivity contribution in [2.24, 2.45) is 0 Å². The smallest absolute Gasteiger partial charge is 0.233 e. The summed E-state index contributed by atoms with van der Waals surface area (Å²) in [6.45, 7) is 3.98. The summed E-state index contributed by atoms with van der Waals surface area (Å²) in [7, 11) is 0. The van der Waals surface area contributed by atoms with Gasteiger partial charge in [0.1, 0.15) is 0 Å². The number of benzene rings is 1. The first-order valence-corrected chi connectivity index (χ1v) is 9.94. The molecule has 0 spiro atoms. The predicted octanol–water partition coefficient (Wildman–Crippen LogP) is 4.13. The van der Waals surface area contributed by atoms with Crippen LogP contribution < -0.4 is 10.6 Å². The number of rotatable bonds is 6. The molecule has 0 saturated heterocycles. The standard InChI is InChI=1S/C17H22N4OS2/c1-11-7-9-14(10-8-11)19-16-20-21-17(24-16)23-12(2)15(22)18-13-5-3-4-6-13/h7-10,12-13H,3-6H2,1-2H3,(H,18,22)(H,19,20). The lowest BCUT2D eigenvalue weighted by Crippen LogP contribution is -2.37. The summed E-state index contributed by atoms with van der Waals surface area (Å²) in [6.07, 6.45) is 4.65. The first-order valence-electron chi connectivity index (χ1n) is 8.24. The van der Waals surface area contributed by atoms with Crippen LogP contribution in [-0.4, -0.2) is 27.4 Å². The van der Waals surface area contributed by atoms with Crippen LogP contribution in [0.5, 0.6) is 0 Å². The van der Waals surface area contributed by atoms with E-state index in [1.54, 1.807) is 0 Å². The predicted molar refractivity (Wildman–Crippen MR) is 100 cm³/mol. The monoisotopic (exact) mass is 362 g/mol. The fourth-order valence-electron chi connectivity index (χ4n) is 2.66. The lowest BCUT2D eigenvalue weighted by molar-refractivity contribution is -0.120. The number of hydrogen-bond donors (Lipinski definition) is 2. The first-order chi connectivity index (χ1) is 11.6. The quantitative estimate of drug-likeness (QED) is 0.756. The van der Waals surface area contributed by atoms with Crippen molar-refractivity contribution in [2.45, 2.75) is 55.2 Å². The molecule has 5 nitrogen and oxygen atoms in total. The summed E-state index contributed by atoms with van der Waals surface area (Å²) >= 11 is 2.93. The lowest BCUT2D eigenvalue weighted by atomic mass is 10.2. The largest absolute Gasteiger partial charge is 0.352 e. The van der Waals surface area contributed by atoms with Crippen molar-refractivity contribution in [3.05, 3.63) is 29.8 Å². The molecule has 7 heteroatoms. The number of carbonyl (C=O) groups is 1. The van der Waals surface area contributed by atoms with E-state index in [2.05, 4.69) is 39.9 Å². The highest BCUT2D eigenvalue weighted by atomic mass is 32.2. The lowest BCUT2D eigenvalue weighted by Gasteiger charge is -2.15. The summed E-state index contributed by atoms with van der Waals surface area (Å²) in [4.78, 5) is 12.2. The van der Waals surface area contributed by atoms with Crippen molar-refractivity contribution < 1.29 is 4.79 Å². The van der Waals surface area contributed by atoms with Crippen LogP contribution in [0.3, 0.4) is 0 Å². The SMILES string of the molecule is Cc1ccc(Nc2nnc(SC(C)C(=O)NC3CCCC3)s2)cc1. The molecule has 1 unspecified atom stereocenters. The van der Waals surface area contributed by atoms with Crippen molar-refractivity contribution >= 4 is 39.8 Å². The van der Waals surface area contributed by atoms with Crippen LogP contribution in [-0.2, 0) is 4.79 Å². The average molecular weight is 363 g/mol. The number of nitrogens with one attached hydrogen (secondary N) is 2. The molecule has 1 atom stereocenters. The van der Waals surface area contributed by atoms with Crippen LogP contribution in [0.25, 0.3) is 0 Å². The van der Waals surface area contributed by atoms with Gasteiger partial charge in [0, 0.05) is 11.7 Å². The minimum Gasteiger partial charge on any atom is -0.352 e. The minimum atomic E-state index is -0.161. The molecule has 128 valence electrons. The number of aromatic nitrogens is 2. The van der Waals surface area contributed by atoms with Crippen LogP contribution in [0, 0.1) is 6.92 Å². The van der Waals surface area contributed by atoms with Crippen LogP contribution in [0.4, 0.5) is 10.8 Å². The summed E-state index contributed by atoms with van der Waals surface area (Å²) in [5.74, 6) is 0.0927. The number of thioether (sulfide) groups is 1. The zero-order valence-corrected chi connectivity index (χ0v) is 15.5. The van der Waals surface area contributed by atoms with E-state index in [-0.39, 0.29) is 11.2 Å². The molecule has 2 aromatic rings. The normalized spacial score (nSPS) is 16.1. The number of nitrogens with zero attached hydrogens (tertiary/aromatic N) is 2. The third-order valence-corrected chi connectivity index (χ3v) is 6.08. The molecule has 1 saturated carbocycles. The van der Waals surface area contributed by atoms with E-state index in [4.69, 9.17) is 0 Å². The Morgan fingerprint density at radius 2 is 1.96 bits per heavy atom. The average Bonchev–Trinajstić information content (AvgIpc) is 3.22. The maximum absolute atomic E-state index is 12.2. The third-order valence-electron chi connectivity index (χ3n) is 4.06. The van der Waals surface area contributed by atoms with E-state index in [1.807, 2.05) is 19.1 Å². The van der Waals surface area contributed by atoms with Gasteiger partial charge in [-0.25, -0.2) is 0 Å². The molecule has 1 fully saturated rings. The Kier molecular flexibility index (Phi) is 5.73. The van der Waals surface area contributed by atoms with Crippen LogP contribution in [0.15, 0.2) is 28.6 Å². The summed E-state index contributed by atoms with van der Waals surface area (Å²) in [5, 5.41) is 15.3. The Bertz CT molecular complexity index is 680. The van der Waals surface area contributed by atoms with Gasteiger partial charge in [0.05, 0.1) is 5.25 Å². The maximum atomic E-state index is 12.2. The first kappa shape index (κ1) is 17.2. The van der Waals surface area contributed by atoms with Crippen molar-refractivity contribution in [3.8, 4) is 0 Å². The Hall–Kier alpha value is -1.60. The van der Waals surface area contributed by atoms with Gasteiger partial charge in [-0.1, -0.05) is 53.6 Å². The Balaban J connectivity index is 1.53. The molecule has 1 aliphatic carbocycles. The van der Waals surface area contributed by atoms with E-state index < -0.39 is 0 Å². The van der Waals surface area contributed by atoms with Gasteiger partial charge in [-0.15, -0.1) is 10.2 Å². The van der Waals surface area contributed by atoms with Crippen LogP contribution in [0.2, 0.25) is 0 Å². The van der Waals surface area contributed by atoms with Gasteiger partial charge in [0.15, 0.2) is 4.34 Å². The summed E-state index contributed by atoms with van der Waals surface area (Å²) in [5.41, 5.74) is 2.21. The van der Waals surface area contributed by atoms with E-state index in [0.29, 0.717) is 6.04 Å². The van der Waals surface area contributed by atoms with Gasteiger partial charge >= 0.3 is 0 Å². The van der Waals surface area contributed by atoms with Crippen molar-refractivity contribution in [3.63, 3.8) is 0 Å². The second-order valence-corrected chi connectivity index (χ2v) is 8.68. The number of carbonyl (C=O) groups excluding carboxylic acids is 1. The molecule has 1 heterocycles. The molecule has 0 radical (unpaired) electrons. The summed E-state index contributed by atoms with van der Waals surface area (Å²) in [6, 6.07) is 8.49. The van der Waals surface area contributed by atoms with Gasteiger partial charge < -0.3 is 10.6 Å². The molecule has 0 bridgehead atoms. The van der Waals surface area contributed by atoms with Crippen molar-refractivity contribution in [1.82, 2.24) is 15.5 Å². The topological polar surface area (TPSA) is 66.9 Å². The van der Waals surface area contributed by atoms with Gasteiger partial charge in [-0.3, -0.25) is 4.79 Å². The van der Waals surface area contributed by atoms with Gasteiger partial charge in [-0.05, 0) is 38.8 Å². The summed E-state index contributed by atoms with van der Waals surface area (Å²) < 4.78 is 0.804. The van der Waals surface area contributed by atoms with Gasteiger partial charge in [0.25, 0.3) is 0 Å². The van der Waals surface area contributed by atoms with Crippen LogP contribution >= 0.6 is 23.1 Å². The molecule has 1 amide bonds. The molecule has 1 aromatic carbocycles. The fourth-order valence-corrected chi connectivity index (χ4v) is 4.59. The maximum Gasteiger partial charge on any atom is 0.233 e. The van der Waals surface area contributed by atoms with Crippen molar-refractivity contribution in [2.75, 3.05) is 5.32 Å². The number of amides is 1. The van der Waals surface area contributed by atoms with Gasteiger partial charge in [-0.2, -0.15) is 0 Å². The number of hydrogen-bond acceptors (Lipinski definition) is 6. The molecule has 3 rings (SSSR count).